The van der Waals surface area contributed by atoms with Gasteiger partial charge in [-0.05, 0) is 26.0 Å². The fraction of sp³-hybridized carbons (Fsp3) is 0.333. The van der Waals surface area contributed by atoms with Gasteiger partial charge < -0.3 is 5.32 Å². The molecule has 0 unspecified atom stereocenters. The summed E-state index contributed by atoms with van der Waals surface area (Å²) >= 11 is 0. The number of anilines is 1. The van der Waals surface area contributed by atoms with Crippen molar-refractivity contribution >= 4 is 11.4 Å². The van der Waals surface area contributed by atoms with Gasteiger partial charge in [-0.25, -0.2) is 0 Å². The largest absolute Gasteiger partial charge is 0.383 e. The van der Waals surface area contributed by atoms with Gasteiger partial charge in [0, 0.05) is 23.9 Å². The second kappa shape index (κ2) is 3.89. The number of nitro groups is 1. The highest BCUT2D eigenvalue weighted by atomic mass is 16.6. The van der Waals surface area contributed by atoms with E-state index in [9.17, 15) is 10.1 Å². The summed E-state index contributed by atoms with van der Waals surface area (Å²) in [6.07, 6.45) is 0. The van der Waals surface area contributed by atoms with Gasteiger partial charge in [0.1, 0.15) is 0 Å². The van der Waals surface area contributed by atoms with Crippen molar-refractivity contribution in [3.63, 3.8) is 0 Å². The molecule has 0 radical (unpaired) electrons. The minimum absolute atomic E-state index is 0.120. The Bertz CT molecular complexity index is 293. The molecule has 1 rings (SSSR count). The first-order valence-corrected chi connectivity index (χ1v) is 4.10. The fourth-order valence-corrected chi connectivity index (χ4v) is 1.01. The molecule has 0 saturated carbocycles. The Morgan fingerprint density at radius 3 is 2.23 bits per heavy atom. The van der Waals surface area contributed by atoms with Crippen molar-refractivity contribution in [1.82, 2.24) is 0 Å². The molecule has 0 aliphatic carbocycles. The molecule has 0 amide bonds. The Labute approximate surface area is 76.7 Å². The molecule has 0 aliphatic rings. The third kappa shape index (κ3) is 2.74. The van der Waals surface area contributed by atoms with Gasteiger partial charge in [0.2, 0.25) is 0 Å². The van der Waals surface area contributed by atoms with Crippen molar-refractivity contribution in [3.8, 4) is 0 Å². The molecule has 0 atom stereocenters. The number of hydrogen-bond donors (Lipinski definition) is 1. The number of non-ortho nitro benzene ring substituents is 1. The zero-order valence-corrected chi connectivity index (χ0v) is 7.65. The van der Waals surface area contributed by atoms with E-state index in [2.05, 4.69) is 5.32 Å². The van der Waals surface area contributed by atoms with Crippen molar-refractivity contribution < 1.29 is 4.92 Å². The summed E-state index contributed by atoms with van der Waals surface area (Å²) in [6.45, 7) is 4.03. The van der Waals surface area contributed by atoms with E-state index < -0.39 is 4.92 Å². The molecule has 0 saturated heterocycles. The first kappa shape index (κ1) is 9.51. The SMILES string of the molecule is CC(C)Nc1ccc([N+](=O)[O-])cc1. The number of rotatable bonds is 3. The maximum atomic E-state index is 10.3. The minimum Gasteiger partial charge on any atom is -0.383 e. The third-order valence-electron chi connectivity index (χ3n) is 1.53. The van der Waals surface area contributed by atoms with Crippen LogP contribution in [0.15, 0.2) is 24.3 Å². The third-order valence-corrected chi connectivity index (χ3v) is 1.53. The number of nitrogens with one attached hydrogen (secondary N) is 1. The van der Waals surface area contributed by atoms with Crippen LogP contribution in [0.2, 0.25) is 0 Å². The topological polar surface area (TPSA) is 55.2 Å². The van der Waals surface area contributed by atoms with Gasteiger partial charge in [0.25, 0.3) is 5.69 Å². The molecule has 70 valence electrons. The summed E-state index contributed by atoms with van der Waals surface area (Å²) < 4.78 is 0. The molecule has 4 heteroatoms. The van der Waals surface area contributed by atoms with Crippen molar-refractivity contribution in [1.29, 1.82) is 0 Å². The summed E-state index contributed by atoms with van der Waals surface area (Å²) in [5, 5.41) is 13.5. The highest BCUT2D eigenvalue weighted by Gasteiger charge is 2.03. The molecular weight excluding hydrogens is 168 g/mol. The molecule has 0 aromatic heterocycles. The van der Waals surface area contributed by atoms with Crippen molar-refractivity contribution in [2.24, 2.45) is 0 Å². The molecule has 4 nitrogen and oxygen atoms in total. The number of hydrogen-bond acceptors (Lipinski definition) is 3. The average Bonchev–Trinajstić information content (AvgIpc) is 2.04. The first-order chi connectivity index (χ1) is 6.09. The highest BCUT2D eigenvalue weighted by molar-refractivity contribution is 5.48. The second-order valence-corrected chi connectivity index (χ2v) is 3.10. The van der Waals surface area contributed by atoms with Crippen LogP contribution in [0.3, 0.4) is 0 Å². The molecule has 13 heavy (non-hydrogen) atoms. The van der Waals surface area contributed by atoms with Crippen molar-refractivity contribution in [3.05, 3.63) is 34.4 Å². The smallest absolute Gasteiger partial charge is 0.269 e. The predicted molar refractivity (Wildman–Crippen MR) is 51.9 cm³/mol. The monoisotopic (exact) mass is 180 g/mol. The van der Waals surface area contributed by atoms with Crippen molar-refractivity contribution in [2.75, 3.05) is 5.32 Å². The summed E-state index contributed by atoms with van der Waals surface area (Å²) in [4.78, 5) is 9.92. The van der Waals surface area contributed by atoms with E-state index in [0.29, 0.717) is 6.04 Å². The predicted octanol–water partition coefficient (Wildman–Crippen LogP) is 2.42. The van der Waals surface area contributed by atoms with Gasteiger partial charge in [-0.15, -0.1) is 0 Å². The van der Waals surface area contributed by atoms with Gasteiger partial charge in [-0.2, -0.15) is 0 Å². The van der Waals surface area contributed by atoms with Gasteiger partial charge in [-0.3, -0.25) is 10.1 Å². The molecular formula is C9H12N2O2. The zero-order valence-electron chi connectivity index (χ0n) is 7.65. The molecule has 0 bridgehead atoms. The van der Waals surface area contributed by atoms with E-state index in [1.165, 1.54) is 12.1 Å². The van der Waals surface area contributed by atoms with Crippen LogP contribution in [0.1, 0.15) is 13.8 Å². The van der Waals surface area contributed by atoms with Gasteiger partial charge >= 0.3 is 0 Å². The Morgan fingerprint density at radius 1 is 1.31 bits per heavy atom. The van der Waals surface area contributed by atoms with Crippen LogP contribution in [-0.4, -0.2) is 11.0 Å². The van der Waals surface area contributed by atoms with Crippen LogP contribution >= 0.6 is 0 Å². The lowest BCUT2D eigenvalue weighted by atomic mass is 10.2. The first-order valence-electron chi connectivity index (χ1n) is 4.10. The van der Waals surface area contributed by atoms with Gasteiger partial charge in [-0.1, -0.05) is 0 Å². The highest BCUT2D eigenvalue weighted by Crippen LogP contribution is 2.15. The van der Waals surface area contributed by atoms with Crippen LogP contribution in [0.25, 0.3) is 0 Å². The molecule has 1 N–H and O–H groups in total. The summed E-state index contributed by atoms with van der Waals surface area (Å²) in [7, 11) is 0. The molecule has 0 aliphatic heterocycles. The molecule has 1 aromatic carbocycles. The average molecular weight is 180 g/mol. The second-order valence-electron chi connectivity index (χ2n) is 3.10. The van der Waals surface area contributed by atoms with E-state index in [-0.39, 0.29) is 5.69 Å². The van der Waals surface area contributed by atoms with E-state index in [4.69, 9.17) is 0 Å². The van der Waals surface area contributed by atoms with Crippen molar-refractivity contribution in [2.45, 2.75) is 19.9 Å². The van der Waals surface area contributed by atoms with Gasteiger partial charge in [0.15, 0.2) is 0 Å². The maximum Gasteiger partial charge on any atom is 0.269 e. The molecule has 0 heterocycles. The Morgan fingerprint density at radius 2 is 1.85 bits per heavy atom. The number of nitrogens with zero attached hydrogens (tertiary/aromatic N) is 1. The lowest BCUT2D eigenvalue weighted by molar-refractivity contribution is -0.384. The van der Waals surface area contributed by atoms with E-state index in [0.717, 1.165) is 5.69 Å². The quantitative estimate of drug-likeness (QED) is 0.574. The summed E-state index contributed by atoms with van der Waals surface area (Å²) in [5.41, 5.74) is 1.02. The van der Waals surface area contributed by atoms with Crippen LogP contribution in [-0.2, 0) is 0 Å². The lowest BCUT2D eigenvalue weighted by Crippen LogP contribution is -2.09. The number of benzene rings is 1. The van der Waals surface area contributed by atoms with E-state index in [1.807, 2.05) is 13.8 Å². The van der Waals surface area contributed by atoms with Crippen LogP contribution in [0, 0.1) is 10.1 Å². The van der Waals surface area contributed by atoms with E-state index >= 15 is 0 Å². The fourth-order valence-electron chi connectivity index (χ4n) is 1.01. The Balaban J connectivity index is 2.75. The van der Waals surface area contributed by atoms with E-state index in [1.54, 1.807) is 12.1 Å². The summed E-state index contributed by atoms with van der Waals surface area (Å²) in [5.74, 6) is 0. The Kier molecular flexibility index (Phi) is 2.84. The number of nitro benzene ring substituents is 1. The Hall–Kier alpha value is -1.58. The standard InChI is InChI=1S/C9H12N2O2/c1-7(2)10-8-3-5-9(6-4-8)11(12)13/h3-7,10H,1-2H3. The van der Waals surface area contributed by atoms with Crippen LogP contribution in [0.5, 0.6) is 0 Å². The minimum atomic E-state index is -0.404. The summed E-state index contributed by atoms with van der Waals surface area (Å²) in [6, 6.07) is 6.73. The molecule has 0 fully saturated rings. The maximum absolute atomic E-state index is 10.3. The zero-order chi connectivity index (χ0) is 9.84. The molecule has 1 aromatic rings. The molecule has 0 spiro atoms. The lowest BCUT2D eigenvalue weighted by Gasteiger charge is -2.08. The van der Waals surface area contributed by atoms with Crippen LogP contribution in [0.4, 0.5) is 11.4 Å². The van der Waals surface area contributed by atoms with Crippen LogP contribution < -0.4 is 5.32 Å². The van der Waals surface area contributed by atoms with Gasteiger partial charge in [0.05, 0.1) is 4.92 Å². The normalized spacial score (nSPS) is 10.1.